The number of nitrogens with zero attached hydrogens (tertiary/aromatic N) is 1. The zero-order chi connectivity index (χ0) is 20.8. The van der Waals surface area contributed by atoms with Gasteiger partial charge in [0.05, 0.1) is 6.04 Å². The number of hydrogen-bond donors (Lipinski definition) is 3. The minimum absolute atomic E-state index is 0.0477. The highest BCUT2D eigenvalue weighted by Gasteiger charge is 2.34. The van der Waals surface area contributed by atoms with Crippen molar-refractivity contribution in [2.45, 2.75) is 44.2 Å². The molecule has 0 heterocycles. The van der Waals surface area contributed by atoms with Crippen LogP contribution in [0.25, 0.3) is 11.1 Å². The van der Waals surface area contributed by atoms with Gasteiger partial charge in [-0.15, -0.1) is 0 Å². The lowest BCUT2D eigenvalue weighted by atomic mass is 9.92. The Morgan fingerprint density at radius 3 is 2.50 bits per heavy atom. The van der Waals surface area contributed by atoms with Crippen molar-refractivity contribution in [2.24, 2.45) is 5.18 Å². The fourth-order valence-electron chi connectivity index (χ4n) is 4.61. The fourth-order valence-corrected chi connectivity index (χ4v) is 4.61. The quantitative estimate of drug-likeness (QED) is 0.473. The summed E-state index contributed by atoms with van der Waals surface area (Å²) in [5, 5.41) is 27.1. The van der Waals surface area contributed by atoms with Crippen molar-refractivity contribution in [1.82, 2.24) is 0 Å². The predicted octanol–water partition coefficient (Wildman–Crippen LogP) is 5.79. The van der Waals surface area contributed by atoms with Crippen molar-refractivity contribution in [3.8, 4) is 22.6 Å². The number of aryl methyl sites for hydroxylation is 1. The molecular weight excluding hydrogens is 376 g/mol. The van der Waals surface area contributed by atoms with Gasteiger partial charge in [-0.2, -0.15) is 4.91 Å². The average Bonchev–Trinajstić information content (AvgIpc) is 3.51. The number of hydrogen-bond acceptors (Lipinski definition) is 5. The topological polar surface area (TPSA) is 81.9 Å². The molecule has 0 unspecified atom stereocenters. The van der Waals surface area contributed by atoms with Crippen molar-refractivity contribution in [3.63, 3.8) is 0 Å². The van der Waals surface area contributed by atoms with Gasteiger partial charge in [0.25, 0.3) is 0 Å². The summed E-state index contributed by atoms with van der Waals surface area (Å²) in [5.74, 6) is 0.587. The first-order valence-electron chi connectivity index (χ1n) is 10.4. The maximum atomic E-state index is 11.5. The van der Waals surface area contributed by atoms with Gasteiger partial charge in [0.15, 0.2) is 0 Å². The van der Waals surface area contributed by atoms with Crippen molar-refractivity contribution in [1.29, 1.82) is 0 Å². The Bertz CT molecular complexity index is 1140. The molecule has 152 valence electrons. The monoisotopic (exact) mass is 400 g/mol. The molecule has 3 aromatic rings. The van der Waals surface area contributed by atoms with E-state index < -0.39 is 0 Å². The second kappa shape index (κ2) is 7.17. The Morgan fingerprint density at radius 2 is 1.77 bits per heavy atom. The van der Waals surface area contributed by atoms with E-state index in [1.54, 1.807) is 12.1 Å². The molecule has 0 spiro atoms. The Kier molecular flexibility index (Phi) is 4.46. The van der Waals surface area contributed by atoms with Gasteiger partial charge in [-0.05, 0) is 77.8 Å². The number of nitrogens with one attached hydrogen (secondary N) is 1. The van der Waals surface area contributed by atoms with Gasteiger partial charge >= 0.3 is 0 Å². The molecule has 0 saturated heterocycles. The van der Waals surface area contributed by atoms with Crippen LogP contribution in [0.4, 0.5) is 5.69 Å². The molecule has 3 N–H and O–H groups in total. The normalized spacial score (nSPS) is 20.0. The summed E-state index contributed by atoms with van der Waals surface area (Å²) in [4.78, 5) is 11.5. The van der Waals surface area contributed by atoms with Gasteiger partial charge < -0.3 is 15.5 Å². The van der Waals surface area contributed by atoms with E-state index in [1.807, 2.05) is 19.1 Å². The van der Waals surface area contributed by atoms with Crippen LogP contribution in [0.3, 0.4) is 0 Å². The maximum Gasteiger partial charge on any atom is 0.127 e. The lowest BCUT2D eigenvalue weighted by Gasteiger charge is -2.22. The van der Waals surface area contributed by atoms with E-state index in [4.69, 9.17) is 0 Å². The molecule has 2 atom stereocenters. The lowest BCUT2D eigenvalue weighted by molar-refractivity contribution is 0.452. The highest BCUT2D eigenvalue weighted by molar-refractivity contribution is 5.78. The number of rotatable bonds is 5. The zero-order valence-electron chi connectivity index (χ0n) is 16.8. The van der Waals surface area contributed by atoms with E-state index in [1.165, 1.54) is 17.2 Å². The van der Waals surface area contributed by atoms with E-state index in [-0.39, 0.29) is 23.6 Å². The van der Waals surface area contributed by atoms with Gasteiger partial charge in [-0.1, -0.05) is 29.4 Å². The number of fused-ring (bicyclic) bond motifs is 1. The summed E-state index contributed by atoms with van der Waals surface area (Å²) in [6.45, 7) is 2.03. The van der Waals surface area contributed by atoms with Crippen LogP contribution in [-0.2, 0) is 6.42 Å². The van der Waals surface area contributed by atoms with E-state index in [0.717, 1.165) is 40.8 Å². The third-order valence-electron chi connectivity index (χ3n) is 6.34. The summed E-state index contributed by atoms with van der Waals surface area (Å²) < 4.78 is 0. The van der Waals surface area contributed by atoms with Crippen LogP contribution in [0.5, 0.6) is 11.5 Å². The number of nitroso groups, excluding NO2 is 1. The van der Waals surface area contributed by atoms with Gasteiger partial charge in [0, 0.05) is 23.7 Å². The minimum atomic E-state index is -0.327. The van der Waals surface area contributed by atoms with Crippen molar-refractivity contribution < 1.29 is 10.2 Å². The molecule has 0 aromatic heterocycles. The highest BCUT2D eigenvalue weighted by Crippen LogP contribution is 2.48. The number of benzene rings is 3. The van der Waals surface area contributed by atoms with Crippen LogP contribution in [-0.4, -0.2) is 16.3 Å². The SMILES string of the molecule is Cc1cc(-c2ccc(O)cc2O)c(C2CC2)cc1N[C@@H]1c2ccccc2C[C@@H]1N=O. The summed E-state index contributed by atoms with van der Waals surface area (Å²) in [6.07, 6.45) is 2.91. The first kappa shape index (κ1) is 18.7. The summed E-state index contributed by atoms with van der Waals surface area (Å²) in [6, 6.07) is 16.7. The van der Waals surface area contributed by atoms with E-state index in [2.05, 4.69) is 34.8 Å². The van der Waals surface area contributed by atoms with Gasteiger partial charge in [0.1, 0.15) is 17.5 Å². The molecule has 3 aromatic carbocycles. The lowest BCUT2D eigenvalue weighted by Crippen LogP contribution is -2.20. The van der Waals surface area contributed by atoms with Crippen LogP contribution >= 0.6 is 0 Å². The maximum absolute atomic E-state index is 11.5. The minimum Gasteiger partial charge on any atom is -0.508 e. The van der Waals surface area contributed by atoms with Crippen LogP contribution < -0.4 is 5.32 Å². The molecule has 0 radical (unpaired) electrons. The third kappa shape index (κ3) is 3.20. The smallest absolute Gasteiger partial charge is 0.127 e. The Labute approximate surface area is 175 Å². The van der Waals surface area contributed by atoms with Crippen molar-refractivity contribution in [2.75, 3.05) is 5.32 Å². The van der Waals surface area contributed by atoms with E-state index >= 15 is 0 Å². The van der Waals surface area contributed by atoms with Crippen LogP contribution in [0.15, 0.2) is 59.8 Å². The van der Waals surface area contributed by atoms with E-state index in [9.17, 15) is 15.1 Å². The number of phenols is 2. The number of aromatic hydroxyl groups is 2. The number of anilines is 1. The molecule has 5 rings (SSSR count). The van der Waals surface area contributed by atoms with Crippen molar-refractivity contribution >= 4 is 5.69 Å². The Balaban J connectivity index is 1.56. The second-order valence-corrected chi connectivity index (χ2v) is 8.43. The molecule has 5 heteroatoms. The molecule has 0 aliphatic heterocycles. The van der Waals surface area contributed by atoms with Crippen molar-refractivity contribution in [3.05, 3.63) is 81.8 Å². The predicted molar refractivity (Wildman–Crippen MR) is 118 cm³/mol. The molecule has 30 heavy (non-hydrogen) atoms. The molecule has 1 fully saturated rings. The standard InChI is InChI=1S/C25H24N2O3/c1-14-10-21(19-9-8-17(28)12-24(19)29)20(15-6-7-15)13-22(14)26-25-18-5-3-2-4-16(18)11-23(25)27-30/h2-5,8-10,12-13,15,23,25-26,28-29H,6-7,11H2,1H3/t23-,25+/m0/s1. The van der Waals surface area contributed by atoms with E-state index in [0.29, 0.717) is 12.3 Å². The van der Waals surface area contributed by atoms with Gasteiger partial charge in [0.2, 0.25) is 0 Å². The third-order valence-corrected chi connectivity index (χ3v) is 6.34. The summed E-state index contributed by atoms with van der Waals surface area (Å²) in [7, 11) is 0. The zero-order valence-corrected chi connectivity index (χ0v) is 16.8. The molecule has 2 aliphatic carbocycles. The van der Waals surface area contributed by atoms with Crippen LogP contribution in [0.1, 0.15) is 47.1 Å². The molecule has 0 bridgehead atoms. The van der Waals surface area contributed by atoms with Gasteiger partial charge in [-0.25, -0.2) is 0 Å². The molecule has 5 nitrogen and oxygen atoms in total. The highest BCUT2D eigenvalue weighted by atomic mass is 16.3. The molecular formula is C25H24N2O3. The van der Waals surface area contributed by atoms with Gasteiger partial charge in [-0.3, -0.25) is 0 Å². The molecule has 1 saturated carbocycles. The summed E-state index contributed by atoms with van der Waals surface area (Å²) >= 11 is 0. The summed E-state index contributed by atoms with van der Waals surface area (Å²) in [5.41, 5.74) is 7.24. The average molecular weight is 400 g/mol. The first-order valence-corrected chi connectivity index (χ1v) is 10.4. The largest absolute Gasteiger partial charge is 0.508 e. The fraction of sp³-hybridized carbons (Fsp3) is 0.280. The van der Waals surface area contributed by atoms with Crippen LogP contribution in [0.2, 0.25) is 0 Å². The first-order chi connectivity index (χ1) is 14.5. The Hall–Kier alpha value is -3.34. The Morgan fingerprint density at radius 1 is 0.967 bits per heavy atom. The second-order valence-electron chi connectivity index (χ2n) is 8.43. The molecule has 2 aliphatic rings. The van der Waals surface area contributed by atoms with Crippen LogP contribution in [0, 0.1) is 11.8 Å². The molecule has 0 amide bonds. The number of phenolic OH excluding ortho intramolecular Hbond substituents is 2.